The minimum atomic E-state index is -1.11. The van der Waals surface area contributed by atoms with Gasteiger partial charge in [-0.2, -0.15) is 0 Å². The molecule has 0 bridgehead atoms. The quantitative estimate of drug-likeness (QED) is 0.552. The highest BCUT2D eigenvalue weighted by molar-refractivity contribution is 5.62. The van der Waals surface area contributed by atoms with Gasteiger partial charge in [-0.05, 0) is 31.5 Å². The number of hydrogen-bond acceptors (Lipinski definition) is 4. The van der Waals surface area contributed by atoms with Crippen LogP contribution in [0.15, 0.2) is 18.2 Å². The van der Waals surface area contributed by atoms with Gasteiger partial charge in [0.1, 0.15) is 5.60 Å². The lowest BCUT2D eigenvalue weighted by Gasteiger charge is -2.22. The Bertz CT molecular complexity index is 337. The summed E-state index contributed by atoms with van der Waals surface area (Å²) in [4.78, 5) is 0. The van der Waals surface area contributed by atoms with Crippen molar-refractivity contribution in [2.45, 2.75) is 19.4 Å². The zero-order chi connectivity index (χ0) is 11.5. The lowest BCUT2D eigenvalue weighted by atomic mass is 10.1. The van der Waals surface area contributed by atoms with Gasteiger partial charge < -0.3 is 21.3 Å². The van der Waals surface area contributed by atoms with E-state index in [0.29, 0.717) is 5.69 Å². The molecule has 4 nitrogen and oxygen atoms in total. The van der Waals surface area contributed by atoms with Crippen LogP contribution in [0.5, 0.6) is 0 Å². The molecule has 0 aliphatic carbocycles. The molecule has 0 spiro atoms. The van der Waals surface area contributed by atoms with Crippen molar-refractivity contribution in [1.82, 2.24) is 0 Å². The zero-order valence-electron chi connectivity index (χ0n) is 9.12. The summed E-state index contributed by atoms with van der Waals surface area (Å²) in [6, 6.07) is 5.56. The van der Waals surface area contributed by atoms with Gasteiger partial charge in [-0.25, -0.2) is 0 Å². The molecule has 1 atom stereocenters. The Labute approximate surface area is 89.7 Å². The third-order valence-electron chi connectivity index (χ3n) is 2.38. The van der Waals surface area contributed by atoms with Crippen molar-refractivity contribution in [1.29, 1.82) is 0 Å². The standard InChI is InChI=1S/C11H18N2O2/c1-8-9(12)4-3-5-10(8)13-6-11(2,15)7-14/h3-5,13-15H,6-7,12H2,1-2H3. The van der Waals surface area contributed by atoms with Gasteiger partial charge in [-0.15, -0.1) is 0 Å². The van der Waals surface area contributed by atoms with Crippen LogP contribution in [-0.4, -0.2) is 29.0 Å². The number of nitrogens with one attached hydrogen (secondary N) is 1. The van der Waals surface area contributed by atoms with Crippen molar-refractivity contribution < 1.29 is 10.2 Å². The predicted octanol–water partition coefficient (Wildman–Crippen LogP) is 0.732. The van der Waals surface area contributed by atoms with E-state index in [1.165, 1.54) is 0 Å². The van der Waals surface area contributed by atoms with Crippen LogP contribution in [0.2, 0.25) is 0 Å². The number of anilines is 2. The summed E-state index contributed by atoms with van der Waals surface area (Å²) in [5.74, 6) is 0. The molecule has 1 aromatic rings. The third-order valence-corrected chi connectivity index (χ3v) is 2.38. The largest absolute Gasteiger partial charge is 0.398 e. The molecule has 4 heteroatoms. The highest BCUT2D eigenvalue weighted by Gasteiger charge is 2.18. The van der Waals surface area contributed by atoms with Crippen molar-refractivity contribution in [3.05, 3.63) is 23.8 Å². The van der Waals surface area contributed by atoms with Crippen molar-refractivity contribution in [2.75, 3.05) is 24.2 Å². The molecular weight excluding hydrogens is 192 g/mol. The van der Waals surface area contributed by atoms with E-state index >= 15 is 0 Å². The Balaban J connectivity index is 2.70. The Hall–Kier alpha value is -1.26. The molecule has 1 aromatic carbocycles. The van der Waals surface area contributed by atoms with Crippen LogP contribution in [0.3, 0.4) is 0 Å². The second kappa shape index (κ2) is 4.51. The fourth-order valence-corrected chi connectivity index (χ4v) is 1.19. The van der Waals surface area contributed by atoms with E-state index in [1.54, 1.807) is 6.92 Å². The maximum absolute atomic E-state index is 9.60. The van der Waals surface area contributed by atoms with Crippen molar-refractivity contribution >= 4 is 11.4 Å². The van der Waals surface area contributed by atoms with Crippen LogP contribution in [-0.2, 0) is 0 Å². The minimum absolute atomic E-state index is 0.276. The smallest absolute Gasteiger partial charge is 0.102 e. The molecule has 0 saturated carbocycles. The molecule has 84 valence electrons. The van der Waals surface area contributed by atoms with E-state index in [1.807, 2.05) is 25.1 Å². The van der Waals surface area contributed by atoms with Gasteiger partial charge in [0.05, 0.1) is 6.61 Å². The minimum Gasteiger partial charge on any atom is -0.398 e. The van der Waals surface area contributed by atoms with Crippen molar-refractivity contribution in [3.8, 4) is 0 Å². The Morgan fingerprint density at radius 3 is 2.73 bits per heavy atom. The van der Waals surface area contributed by atoms with Crippen molar-refractivity contribution in [3.63, 3.8) is 0 Å². The van der Waals surface area contributed by atoms with Gasteiger partial charge in [-0.1, -0.05) is 6.07 Å². The summed E-state index contributed by atoms with van der Waals surface area (Å²) in [7, 11) is 0. The van der Waals surface area contributed by atoms with E-state index in [0.717, 1.165) is 11.3 Å². The lowest BCUT2D eigenvalue weighted by molar-refractivity contribution is 0.0132. The van der Waals surface area contributed by atoms with E-state index < -0.39 is 5.60 Å². The fraction of sp³-hybridized carbons (Fsp3) is 0.455. The summed E-state index contributed by atoms with van der Waals surface area (Å²) in [5, 5.41) is 21.5. The highest BCUT2D eigenvalue weighted by Crippen LogP contribution is 2.20. The molecule has 1 rings (SSSR count). The zero-order valence-corrected chi connectivity index (χ0v) is 9.12. The summed E-state index contributed by atoms with van der Waals surface area (Å²) < 4.78 is 0. The topological polar surface area (TPSA) is 78.5 Å². The first-order valence-electron chi connectivity index (χ1n) is 4.88. The lowest BCUT2D eigenvalue weighted by Crippen LogP contribution is -2.37. The van der Waals surface area contributed by atoms with Gasteiger partial charge in [0.25, 0.3) is 0 Å². The van der Waals surface area contributed by atoms with E-state index in [9.17, 15) is 5.11 Å². The van der Waals surface area contributed by atoms with Crippen LogP contribution in [0, 0.1) is 6.92 Å². The summed E-state index contributed by atoms with van der Waals surface area (Å²) in [5.41, 5.74) is 7.17. The second-order valence-corrected chi connectivity index (χ2v) is 4.03. The van der Waals surface area contributed by atoms with E-state index in [4.69, 9.17) is 10.8 Å². The molecule has 0 aliphatic heterocycles. The van der Waals surface area contributed by atoms with Crippen LogP contribution < -0.4 is 11.1 Å². The maximum atomic E-state index is 9.60. The summed E-state index contributed by atoms with van der Waals surface area (Å²) in [6.45, 7) is 3.49. The molecule has 15 heavy (non-hydrogen) atoms. The number of aliphatic hydroxyl groups is 2. The number of nitrogens with two attached hydrogens (primary N) is 1. The average Bonchev–Trinajstić information content (AvgIpc) is 2.20. The second-order valence-electron chi connectivity index (χ2n) is 4.03. The van der Waals surface area contributed by atoms with E-state index in [-0.39, 0.29) is 13.2 Å². The van der Waals surface area contributed by atoms with Crippen molar-refractivity contribution in [2.24, 2.45) is 0 Å². The Kier molecular flexibility index (Phi) is 3.55. The van der Waals surface area contributed by atoms with Gasteiger partial charge in [-0.3, -0.25) is 0 Å². The third kappa shape index (κ3) is 3.11. The van der Waals surface area contributed by atoms with Gasteiger partial charge in [0.15, 0.2) is 0 Å². The highest BCUT2D eigenvalue weighted by atomic mass is 16.3. The summed E-state index contributed by atoms with van der Waals surface area (Å²) in [6.07, 6.45) is 0. The molecule has 5 N–H and O–H groups in total. The molecule has 0 fully saturated rings. The van der Waals surface area contributed by atoms with Crippen LogP contribution in [0.25, 0.3) is 0 Å². The fourth-order valence-electron chi connectivity index (χ4n) is 1.19. The van der Waals surface area contributed by atoms with Gasteiger partial charge in [0, 0.05) is 17.9 Å². The SMILES string of the molecule is Cc1c(N)cccc1NCC(C)(O)CO. The summed E-state index contributed by atoms with van der Waals surface area (Å²) >= 11 is 0. The molecule has 0 amide bonds. The number of nitrogen functional groups attached to an aromatic ring is 1. The number of benzene rings is 1. The maximum Gasteiger partial charge on any atom is 0.102 e. The first kappa shape index (κ1) is 11.8. The monoisotopic (exact) mass is 210 g/mol. The molecule has 0 aliphatic rings. The molecule has 0 aromatic heterocycles. The van der Waals surface area contributed by atoms with Crippen LogP contribution >= 0.6 is 0 Å². The normalized spacial score (nSPS) is 14.7. The van der Waals surface area contributed by atoms with Crippen LogP contribution in [0.1, 0.15) is 12.5 Å². The molecule has 1 unspecified atom stereocenters. The first-order chi connectivity index (χ1) is 6.96. The van der Waals surface area contributed by atoms with E-state index in [2.05, 4.69) is 5.32 Å². The number of hydrogen-bond donors (Lipinski definition) is 4. The van der Waals surface area contributed by atoms with Gasteiger partial charge in [0.2, 0.25) is 0 Å². The Morgan fingerprint density at radius 2 is 2.13 bits per heavy atom. The van der Waals surface area contributed by atoms with Gasteiger partial charge >= 0.3 is 0 Å². The predicted molar refractivity (Wildman–Crippen MR) is 61.8 cm³/mol. The van der Waals surface area contributed by atoms with Crippen LogP contribution in [0.4, 0.5) is 11.4 Å². The number of aliphatic hydroxyl groups excluding tert-OH is 1. The molecule has 0 heterocycles. The molecular formula is C11H18N2O2. The number of rotatable bonds is 4. The molecule has 0 radical (unpaired) electrons. The average molecular weight is 210 g/mol. The Morgan fingerprint density at radius 1 is 1.47 bits per heavy atom. The first-order valence-corrected chi connectivity index (χ1v) is 4.88. The molecule has 0 saturated heterocycles.